The molecule has 0 saturated heterocycles. The third-order valence-electron chi connectivity index (χ3n) is 5.11. The van der Waals surface area contributed by atoms with E-state index in [9.17, 15) is 4.79 Å². The Kier molecular flexibility index (Phi) is 3.61. The van der Waals surface area contributed by atoms with Crippen molar-refractivity contribution in [3.8, 4) is 33.4 Å². The Hall–Kier alpha value is -3.65. The van der Waals surface area contributed by atoms with Crippen LogP contribution in [0.1, 0.15) is 10.4 Å². The van der Waals surface area contributed by atoms with Crippen LogP contribution < -0.4 is 5.32 Å². The number of aldehydes is 1. The molecule has 0 fully saturated rings. The SMILES string of the molecule is O=Cc1ccc(-c2cccc3c2-c2ccccc2-c2ccccc2N3)cc1. The van der Waals surface area contributed by atoms with E-state index in [2.05, 4.69) is 72.0 Å². The van der Waals surface area contributed by atoms with Crippen molar-refractivity contribution in [2.24, 2.45) is 0 Å². The molecule has 0 spiro atoms. The average Bonchev–Trinajstić information content (AvgIpc) is 2.88. The fourth-order valence-corrected chi connectivity index (χ4v) is 3.84. The van der Waals surface area contributed by atoms with Gasteiger partial charge in [-0.3, -0.25) is 4.79 Å². The van der Waals surface area contributed by atoms with Crippen molar-refractivity contribution in [2.45, 2.75) is 0 Å². The topological polar surface area (TPSA) is 29.1 Å². The van der Waals surface area contributed by atoms with E-state index in [1.54, 1.807) is 0 Å². The van der Waals surface area contributed by atoms with E-state index < -0.39 is 0 Å². The summed E-state index contributed by atoms with van der Waals surface area (Å²) < 4.78 is 0. The van der Waals surface area contributed by atoms with Crippen molar-refractivity contribution in [1.82, 2.24) is 0 Å². The van der Waals surface area contributed by atoms with Crippen LogP contribution in [0.25, 0.3) is 33.4 Å². The number of anilines is 2. The normalized spacial score (nSPS) is 11.4. The van der Waals surface area contributed by atoms with Crippen molar-refractivity contribution in [2.75, 3.05) is 5.32 Å². The van der Waals surface area contributed by atoms with Gasteiger partial charge in [-0.15, -0.1) is 0 Å². The Morgan fingerprint density at radius 1 is 0.556 bits per heavy atom. The van der Waals surface area contributed by atoms with Gasteiger partial charge < -0.3 is 5.32 Å². The van der Waals surface area contributed by atoms with Crippen LogP contribution in [-0.4, -0.2) is 6.29 Å². The second-order valence-corrected chi connectivity index (χ2v) is 6.68. The number of carbonyl (C=O) groups excluding carboxylic acids is 1. The third-order valence-corrected chi connectivity index (χ3v) is 5.11. The number of benzene rings is 4. The van der Waals surface area contributed by atoms with Gasteiger partial charge in [-0.25, -0.2) is 0 Å². The third kappa shape index (κ3) is 2.54. The largest absolute Gasteiger partial charge is 0.354 e. The first-order chi connectivity index (χ1) is 13.3. The van der Waals surface area contributed by atoms with E-state index in [-0.39, 0.29) is 0 Å². The molecule has 2 heteroatoms. The average molecular weight is 347 g/mol. The first-order valence-corrected chi connectivity index (χ1v) is 8.99. The number of carbonyl (C=O) groups is 1. The molecule has 0 bridgehead atoms. The summed E-state index contributed by atoms with van der Waals surface area (Å²) in [5.41, 5.74) is 9.94. The minimum Gasteiger partial charge on any atom is -0.354 e. The summed E-state index contributed by atoms with van der Waals surface area (Å²) in [6.07, 6.45) is 0.878. The first kappa shape index (κ1) is 15.6. The summed E-state index contributed by atoms with van der Waals surface area (Å²) in [5, 5.41) is 3.63. The second-order valence-electron chi connectivity index (χ2n) is 6.68. The van der Waals surface area contributed by atoms with Crippen LogP contribution in [0.3, 0.4) is 0 Å². The summed E-state index contributed by atoms with van der Waals surface area (Å²) in [7, 11) is 0. The highest BCUT2D eigenvalue weighted by Gasteiger charge is 2.21. The van der Waals surface area contributed by atoms with Crippen LogP contribution >= 0.6 is 0 Å². The number of para-hydroxylation sites is 1. The Labute approximate surface area is 158 Å². The van der Waals surface area contributed by atoms with Gasteiger partial charge in [0.2, 0.25) is 0 Å². The molecule has 0 saturated carbocycles. The lowest BCUT2D eigenvalue weighted by Gasteiger charge is -2.15. The lowest BCUT2D eigenvalue weighted by Crippen LogP contribution is -1.93. The van der Waals surface area contributed by atoms with Gasteiger partial charge in [-0.2, -0.15) is 0 Å². The molecule has 4 aromatic carbocycles. The van der Waals surface area contributed by atoms with Crippen LogP contribution in [0.2, 0.25) is 0 Å². The maximum absolute atomic E-state index is 11.0. The quantitative estimate of drug-likeness (QED) is 0.367. The van der Waals surface area contributed by atoms with Gasteiger partial charge in [0.15, 0.2) is 0 Å². The molecule has 128 valence electrons. The molecule has 1 aliphatic heterocycles. The van der Waals surface area contributed by atoms with Crippen molar-refractivity contribution >= 4 is 17.7 Å². The zero-order valence-corrected chi connectivity index (χ0v) is 14.6. The zero-order chi connectivity index (χ0) is 18.2. The smallest absolute Gasteiger partial charge is 0.150 e. The molecule has 0 aromatic heterocycles. The van der Waals surface area contributed by atoms with Crippen molar-refractivity contribution in [3.63, 3.8) is 0 Å². The molecule has 2 nitrogen and oxygen atoms in total. The van der Waals surface area contributed by atoms with Gasteiger partial charge in [0.05, 0.1) is 0 Å². The fraction of sp³-hybridized carbons (Fsp3) is 0. The number of rotatable bonds is 2. The lowest BCUT2D eigenvalue weighted by molar-refractivity contribution is 0.112. The van der Waals surface area contributed by atoms with E-state index in [1.807, 2.05) is 24.3 Å². The summed E-state index contributed by atoms with van der Waals surface area (Å²) >= 11 is 0. The summed E-state index contributed by atoms with van der Waals surface area (Å²) in [6.45, 7) is 0. The predicted molar refractivity (Wildman–Crippen MR) is 111 cm³/mol. The molecule has 0 unspecified atom stereocenters. The minimum atomic E-state index is 0.687. The molecule has 0 amide bonds. The molecular formula is C25H17NO. The molecule has 4 aromatic rings. The molecular weight excluding hydrogens is 330 g/mol. The molecule has 27 heavy (non-hydrogen) atoms. The highest BCUT2D eigenvalue weighted by molar-refractivity contribution is 6.03. The standard InChI is InChI=1S/C25H17NO/c27-16-17-12-14-18(15-13-17)19-9-5-11-24-25(19)22-8-2-1-6-20(22)21-7-3-4-10-23(21)26-24/h1-16,26H. The minimum absolute atomic E-state index is 0.687. The molecule has 5 rings (SSSR count). The van der Waals surface area contributed by atoms with Crippen LogP contribution in [-0.2, 0) is 0 Å². The summed E-state index contributed by atoms with van der Waals surface area (Å²) in [5.74, 6) is 0. The van der Waals surface area contributed by atoms with Gasteiger partial charge in [0, 0.05) is 28.1 Å². The van der Waals surface area contributed by atoms with Gasteiger partial charge in [0.25, 0.3) is 0 Å². The van der Waals surface area contributed by atoms with Crippen molar-refractivity contribution in [1.29, 1.82) is 0 Å². The van der Waals surface area contributed by atoms with Crippen LogP contribution in [0.15, 0.2) is 91.0 Å². The van der Waals surface area contributed by atoms with Gasteiger partial charge >= 0.3 is 0 Å². The number of fused-ring (bicyclic) bond motifs is 5. The Bertz CT molecular complexity index is 1160. The molecule has 1 N–H and O–H groups in total. The predicted octanol–water partition coefficient (Wildman–Crippen LogP) is 6.56. The molecule has 0 radical (unpaired) electrons. The van der Waals surface area contributed by atoms with Crippen LogP contribution in [0.5, 0.6) is 0 Å². The zero-order valence-electron chi connectivity index (χ0n) is 14.6. The number of nitrogens with one attached hydrogen (secondary N) is 1. The fourth-order valence-electron chi connectivity index (χ4n) is 3.84. The van der Waals surface area contributed by atoms with E-state index in [1.165, 1.54) is 22.3 Å². The summed E-state index contributed by atoms with van der Waals surface area (Å²) in [4.78, 5) is 11.0. The molecule has 0 atom stereocenters. The van der Waals surface area contributed by atoms with Gasteiger partial charge in [-0.05, 0) is 34.4 Å². The molecule has 1 aliphatic rings. The van der Waals surface area contributed by atoms with Gasteiger partial charge in [-0.1, -0.05) is 78.9 Å². The number of hydrogen-bond donors (Lipinski definition) is 1. The Balaban J connectivity index is 1.81. The monoisotopic (exact) mass is 347 g/mol. The highest BCUT2D eigenvalue weighted by Crippen LogP contribution is 2.47. The van der Waals surface area contributed by atoms with Crippen LogP contribution in [0.4, 0.5) is 11.4 Å². The lowest BCUT2D eigenvalue weighted by atomic mass is 9.89. The van der Waals surface area contributed by atoms with Gasteiger partial charge in [0.1, 0.15) is 6.29 Å². The Morgan fingerprint density at radius 2 is 1.19 bits per heavy atom. The van der Waals surface area contributed by atoms with Crippen LogP contribution in [0, 0.1) is 0 Å². The van der Waals surface area contributed by atoms with E-state index in [0.717, 1.165) is 28.8 Å². The summed E-state index contributed by atoms with van der Waals surface area (Å²) in [6, 6.07) is 31.0. The number of hydrogen-bond acceptors (Lipinski definition) is 2. The highest BCUT2D eigenvalue weighted by atomic mass is 16.1. The molecule has 1 heterocycles. The molecule has 0 aliphatic carbocycles. The van der Waals surface area contributed by atoms with E-state index >= 15 is 0 Å². The van der Waals surface area contributed by atoms with Crippen molar-refractivity contribution < 1.29 is 4.79 Å². The first-order valence-electron chi connectivity index (χ1n) is 8.99. The van der Waals surface area contributed by atoms with E-state index in [0.29, 0.717) is 5.56 Å². The van der Waals surface area contributed by atoms with Crippen molar-refractivity contribution in [3.05, 3.63) is 96.6 Å². The Morgan fingerprint density at radius 3 is 1.96 bits per heavy atom. The maximum Gasteiger partial charge on any atom is 0.150 e. The van der Waals surface area contributed by atoms with E-state index in [4.69, 9.17) is 0 Å². The maximum atomic E-state index is 11.0. The second kappa shape index (κ2) is 6.26.